The zero-order valence-electron chi connectivity index (χ0n) is 14.8. The molecule has 3 aromatic rings. The Balaban J connectivity index is 1.34. The maximum Gasteiger partial charge on any atom is 0.287 e. The Morgan fingerprint density at radius 3 is 2.32 bits per heavy atom. The summed E-state index contributed by atoms with van der Waals surface area (Å²) < 4.78 is 0.441. The van der Waals surface area contributed by atoms with Crippen molar-refractivity contribution < 1.29 is 9.59 Å². The lowest BCUT2D eigenvalue weighted by molar-refractivity contribution is 0.0844. The van der Waals surface area contributed by atoms with E-state index in [9.17, 15) is 9.59 Å². The standard InChI is InChI=1S/C20H18N4O2S2/c25-18(14-6-8-15(9-7-14)20-27-10-11-28-20)23-24-19(26)17-12-16(21-22-17)13-4-2-1-3-5-13/h1-9,12,20H,10-11H2,(H,21,22)(H,23,25)(H,24,26). The second-order valence-corrected chi connectivity index (χ2v) is 8.86. The van der Waals surface area contributed by atoms with Crippen LogP contribution >= 0.6 is 23.5 Å². The van der Waals surface area contributed by atoms with Crippen LogP contribution in [-0.2, 0) is 0 Å². The number of thioether (sulfide) groups is 2. The summed E-state index contributed by atoms with van der Waals surface area (Å²) in [7, 11) is 0. The van der Waals surface area contributed by atoms with Crippen molar-refractivity contribution in [3.8, 4) is 11.3 Å². The topological polar surface area (TPSA) is 86.9 Å². The first-order chi connectivity index (χ1) is 13.7. The van der Waals surface area contributed by atoms with E-state index in [2.05, 4.69) is 21.0 Å². The number of carbonyl (C=O) groups excluding carboxylic acids is 2. The summed E-state index contributed by atoms with van der Waals surface area (Å²) in [6.07, 6.45) is 0. The average molecular weight is 411 g/mol. The van der Waals surface area contributed by atoms with E-state index in [-0.39, 0.29) is 11.6 Å². The summed E-state index contributed by atoms with van der Waals surface area (Å²) >= 11 is 3.84. The molecular weight excluding hydrogens is 392 g/mol. The quantitative estimate of drug-likeness (QED) is 0.572. The molecule has 0 atom stereocenters. The molecule has 4 rings (SSSR count). The minimum absolute atomic E-state index is 0.268. The first-order valence-electron chi connectivity index (χ1n) is 8.75. The minimum atomic E-state index is -0.460. The van der Waals surface area contributed by atoms with Crippen LogP contribution in [0.1, 0.15) is 31.0 Å². The van der Waals surface area contributed by atoms with Gasteiger partial charge in [0.1, 0.15) is 5.69 Å². The predicted molar refractivity (Wildman–Crippen MR) is 113 cm³/mol. The van der Waals surface area contributed by atoms with E-state index in [1.165, 1.54) is 5.56 Å². The molecule has 0 spiro atoms. The second-order valence-electron chi connectivity index (χ2n) is 6.14. The van der Waals surface area contributed by atoms with Crippen LogP contribution in [0.3, 0.4) is 0 Å². The number of aromatic amines is 1. The van der Waals surface area contributed by atoms with E-state index in [0.717, 1.165) is 17.1 Å². The van der Waals surface area contributed by atoms with Crippen LogP contribution in [0.25, 0.3) is 11.3 Å². The minimum Gasteiger partial charge on any atom is -0.272 e. The Kier molecular flexibility index (Phi) is 5.68. The zero-order chi connectivity index (χ0) is 19.3. The fraction of sp³-hybridized carbons (Fsp3) is 0.150. The third-order valence-corrected chi connectivity index (χ3v) is 7.35. The Bertz CT molecular complexity index is 967. The number of H-pyrrole nitrogens is 1. The van der Waals surface area contributed by atoms with Crippen molar-refractivity contribution in [3.63, 3.8) is 0 Å². The molecule has 142 valence electrons. The maximum absolute atomic E-state index is 12.3. The molecule has 1 fully saturated rings. The SMILES string of the molecule is O=C(NNC(=O)c1cc(-c2ccccc2)n[nH]1)c1ccc(C2SCCS2)cc1. The van der Waals surface area contributed by atoms with Gasteiger partial charge in [0.05, 0.1) is 10.3 Å². The summed E-state index contributed by atoms with van der Waals surface area (Å²) in [6, 6.07) is 18.7. The number of carbonyl (C=O) groups is 2. The van der Waals surface area contributed by atoms with Gasteiger partial charge in [0.2, 0.25) is 0 Å². The Morgan fingerprint density at radius 1 is 0.929 bits per heavy atom. The van der Waals surface area contributed by atoms with Crippen molar-refractivity contribution in [3.05, 3.63) is 77.5 Å². The van der Waals surface area contributed by atoms with Gasteiger partial charge < -0.3 is 0 Å². The van der Waals surface area contributed by atoms with Gasteiger partial charge in [0.25, 0.3) is 11.8 Å². The van der Waals surface area contributed by atoms with Crippen LogP contribution < -0.4 is 10.9 Å². The molecule has 0 radical (unpaired) electrons. The molecule has 3 N–H and O–H groups in total. The Morgan fingerprint density at radius 2 is 1.61 bits per heavy atom. The molecular formula is C20H18N4O2S2. The lowest BCUT2D eigenvalue weighted by Gasteiger charge is -2.10. The molecule has 8 heteroatoms. The molecule has 0 saturated carbocycles. The highest BCUT2D eigenvalue weighted by atomic mass is 32.2. The predicted octanol–water partition coefficient (Wildman–Crippen LogP) is 3.63. The van der Waals surface area contributed by atoms with E-state index < -0.39 is 5.91 Å². The highest BCUT2D eigenvalue weighted by molar-refractivity contribution is 8.19. The third kappa shape index (κ3) is 4.23. The lowest BCUT2D eigenvalue weighted by Crippen LogP contribution is -2.41. The summed E-state index contributed by atoms with van der Waals surface area (Å²) in [6.45, 7) is 0. The molecule has 0 unspecified atom stereocenters. The van der Waals surface area contributed by atoms with Gasteiger partial charge in [0, 0.05) is 22.6 Å². The number of aromatic nitrogens is 2. The molecule has 1 aliphatic heterocycles. The van der Waals surface area contributed by atoms with Crippen LogP contribution in [0, 0.1) is 0 Å². The summed E-state index contributed by atoms with van der Waals surface area (Å²) in [5.41, 5.74) is 8.39. The number of hydrogen-bond donors (Lipinski definition) is 3. The first-order valence-corrected chi connectivity index (χ1v) is 10.8. The van der Waals surface area contributed by atoms with Crippen molar-refractivity contribution in [2.24, 2.45) is 0 Å². The first kappa shape index (κ1) is 18.6. The van der Waals surface area contributed by atoms with Gasteiger partial charge in [-0.2, -0.15) is 5.10 Å². The molecule has 0 bridgehead atoms. The summed E-state index contributed by atoms with van der Waals surface area (Å²) in [5, 5.41) is 6.83. The highest BCUT2D eigenvalue weighted by Gasteiger charge is 2.18. The van der Waals surface area contributed by atoms with Gasteiger partial charge >= 0.3 is 0 Å². The molecule has 28 heavy (non-hydrogen) atoms. The zero-order valence-corrected chi connectivity index (χ0v) is 16.5. The van der Waals surface area contributed by atoms with E-state index >= 15 is 0 Å². The fourth-order valence-corrected chi connectivity index (χ4v) is 5.65. The lowest BCUT2D eigenvalue weighted by atomic mass is 10.1. The molecule has 1 aliphatic rings. The maximum atomic E-state index is 12.3. The number of nitrogens with zero attached hydrogens (tertiary/aromatic N) is 1. The molecule has 2 amide bonds. The van der Waals surface area contributed by atoms with Gasteiger partial charge in [-0.3, -0.25) is 25.5 Å². The molecule has 2 aromatic carbocycles. The molecule has 2 heterocycles. The number of benzene rings is 2. The van der Waals surface area contributed by atoms with Gasteiger partial charge in [-0.1, -0.05) is 42.5 Å². The van der Waals surface area contributed by atoms with Crippen molar-refractivity contribution in [1.82, 2.24) is 21.0 Å². The van der Waals surface area contributed by atoms with Crippen LogP contribution in [0.15, 0.2) is 60.7 Å². The molecule has 1 aromatic heterocycles. The van der Waals surface area contributed by atoms with Crippen molar-refractivity contribution in [2.45, 2.75) is 4.58 Å². The number of rotatable bonds is 4. The van der Waals surface area contributed by atoms with Gasteiger partial charge in [-0.15, -0.1) is 23.5 Å². The number of hydrazine groups is 1. The van der Waals surface area contributed by atoms with Crippen molar-refractivity contribution >= 4 is 35.3 Å². The third-order valence-electron chi connectivity index (χ3n) is 4.25. The Labute approximate surface area is 170 Å². The average Bonchev–Trinajstić information content (AvgIpc) is 3.45. The van der Waals surface area contributed by atoms with E-state index in [4.69, 9.17) is 0 Å². The van der Waals surface area contributed by atoms with Gasteiger partial charge in [-0.05, 0) is 23.8 Å². The van der Waals surface area contributed by atoms with E-state index in [0.29, 0.717) is 15.8 Å². The number of hydrogen-bond acceptors (Lipinski definition) is 5. The monoisotopic (exact) mass is 410 g/mol. The normalized spacial score (nSPS) is 14.0. The second kappa shape index (κ2) is 8.53. The van der Waals surface area contributed by atoms with E-state index in [1.54, 1.807) is 18.2 Å². The number of amides is 2. The van der Waals surface area contributed by atoms with Crippen LogP contribution in [0.2, 0.25) is 0 Å². The molecule has 1 saturated heterocycles. The molecule has 6 nitrogen and oxygen atoms in total. The van der Waals surface area contributed by atoms with Crippen molar-refractivity contribution in [1.29, 1.82) is 0 Å². The summed E-state index contributed by atoms with van der Waals surface area (Å²) in [4.78, 5) is 24.5. The van der Waals surface area contributed by atoms with Crippen molar-refractivity contribution in [2.75, 3.05) is 11.5 Å². The smallest absolute Gasteiger partial charge is 0.272 e. The van der Waals surface area contributed by atoms with Gasteiger partial charge in [-0.25, -0.2) is 0 Å². The van der Waals surface area contributed by atoms with Crippen LogP contribution in [-0.4, -0.2) is 33.5 Å². The van der Waals surface area contributed by atoms with Crippen LogP contribution in [0.5, 0.6) is 0 Å². The fourth-order valence-electron chi connectivity index (χ4n) is 2.79. The largest absolute Gasteiger partial charge is 0.287 e. The highest BCUT2D eigenvalue weighted by Crippen LogP contribution is 2.45. The van der Waals surface area contributed by atoms with E-state index in [1.807, 2.05) is 66.0 Å². The van der Waals surface area contributed by atoms with Gasteiger partial charge in [0.15, 0.2) is 0 Å². The van der Waals surface area contributed by atoms with Crippen LogP contribution in [0.4, 0.5) is 0 Å². The number of nitrogens with one attached hydrogen (secondary N) is 3. The summed E-state index contributed by atoms with van der Waals surface area (Å²) in [5.74, 6) is 1.49. The molecule has 0 aliphatic carbocycles. The Hall–Kier alpha value is -2.71.